The van der Waals surface area contributed by atoms with Crippen molar-refractivity contribution in [2.24, 2.45) is 5.73 Å². The first-order valence-corrected chi connectivity index (χ1v) is 12.6. The van der Waals surface area contributed by atoms with E-state index in [2.05, 4.69) is 9.69 Å². The summed E-state index contributed by atoms with van der Waals surface area (Å²) in [6.45, 7) is 0.250. The molecule has 1 heterocycles. The van der Waals surface area contributed by atoms with Gasteiger partial charge in [-0.1, -0.05) is 49.2 Å². The number of nitrogens with two attached hydrogens (primary N) is 2. The summed E-state index contributed by atoms with van der Waals surface area (Å²) < 4.78 is 9.14. The normalized spacial score (nSPS) is 14.2. The van der Waals surface area contributed by atoms with Crippen LogP contribution in [-0.4, -0.2) is 45.3 Å². The molecule has 1 fully saturated rings. The minimum Gasteiger partial charge on any atom is -0.504 e. The number of amides is 3. The predicted molar refractivity (Wildman–Crippen MR) is 139 cm³/mol. The van der Waals surface area contributed by atoms with Crippen LogP contribution in [0, 0.1) is 0 Å². The molecule has 3 amide bonds. The highest BCUT2D eigenvalue weighted by Crippen LogP contribution is 2.38. The highest BCUT2D eigenvalue weighted by atomic mass is 32.1. The van der Waals surface area contributed by atoms with E-state index in [-0.39, 0.29) is 40.3 Å². The molecular weight excluding hydrogens is 494 g/mol. The lowest BCUT2D eigenvalue weighted by molar-refractivity contribution is -0.126. The van der Waals surface area contributed by atoms with Crippen molar-refractivity contribution >= 4 is 34.9 Å². The number of hydrogen-bond donors (Lipinski definition) is 4. The maximum absolute atomic E-state index is 14.0. The van der Waals surface area contributed by atoms with Gasteiger partial charge in [0.25, 0.3) is 11.8 Å². The molecule has 3 aromatic rings. The van der Waals surface area contributed by atoms with Gasteiger partial charge in [-0.3, -0.25) is 14.4 Å². The molecule has 1 aliphatic rings. The number of rotatable bonds is 9. The lowest BCUT2D eigenvalue weighted by atomic mass is 9.99. The van der Waals surface area contributed by atoms with Crippen LogP contribution in [-0.2, 0) is 11.3 Å². The zero-order valence-electron chi connectivity index (χ0n) is 20.3. The zero-order chi connectivity index (χ0) is 26.5. The van der Waals surface area contributed by atoms with E-state index in [9.17, 15) is 19.5 Å². The Morgan fingerprint density at radius 1 is 1.19 bits per heavy atom. The number of aromatic nitrogens is 1. The van der Waals surface area contributed by atoms with Crippen LogP contribution in [0.1, 0.15) is 63.0 Å². The molecule has 37 heavy (non-hydrogen) atoms. The van der Waals surface area contributed by atoms with Crippen LogP contribution in [0.25, 0.3) is 0 Å². The van der Waals surface area contributed by atoms with Gasteiger partial charge in [0.1, 0.15) is 10.9 Å². The second-order valence-electron chi connectivity index (χ2n) is 8.83. The molecule has 1 saturated carbocycles. The van der Waals surface area contributed by atoms with Crippen LogP contribution >= 0.6 is 11.5 Å². The number of carbonyl (C=O) groups is 3. The molecule has 0 radical (unpaired) electrons. The highest BCUT2D eigenvalue weighted by Gasteiger charge is 2.40. The number of nitrogens with zero attached hydrogens (tertiary/aromatic N) is 2. The molecule has 1 aliphatic carbocycles. The SMILES string of the molecule is COc1ccc([C@@H](C(=O)NCc2ccccc2)N(C(=O)c2snc(C(N)=O)c2N)C2CCCC2)cc1O. The summed E-state index contributed by atoms with van der Waals surface area (Å²) in [4.78, 5) is 41.0. The molecule has 11 heteroatoms. The third kappa shape index (κ3) is 5.51. The van der Waals surface area contributed by atoms with Gasteiger partial charge in [-0.05, 0) is 47.6 Å². The number of ether oxygens (including phenoxy) is 1. The molecule has 1 atom stereocenters. The quantitative estimate of drug-likeness (QED) is 0.335. The number of anilines is 1. The predicted octanol–water partition coefficient (Wildman–Crippen LogP) is 2.98. The van der Waals surface area contributed by atoms with Crippen LogP contribution in [0.2, 0.25) is 0 Å². The van der Waals surface area contributed by atoms with Crippen LogP contribution in [0.5, 0.6) is 11.5 Å². The number of benzene rings is 2. The van der Waals surface area contributed by atoms with E-state index in [1.165, 1.54) is 18.1 Å². The highest BCUT2D eigenvalue weighted by molar-refractivity contribution is 7.09. The smallest absolute Gasteiger partial charge is 0.270 e. The molecular formula is C26H29N5O5S. The monoisotopic (exact) mass is 523 g/mol. The van der Waals surface area contributed by atoms with E-state index >= 15 is 0 Å². The second-order valence-corrected chi connectivity index (χ2v) is 9.60. The van der Waals surface area contributed by atoms with Crippen molar-refractivity contribution in [2.45, 2.75) is 44.3 Å². The second kappa shape index (κ2) is 11.3. The van der Waals surface area contributed by atoms with Gasteiger partial charge < -0.3 is 31.5 Å². The maximum atomic E-state index is 14.0. The lowest BCUT2D eigenvalue weighted by Gasteiger charge is -2.36. The van der Waals surface area contributed by atoms with Crippen LogP contribution in [0.3, 0.4) is 0 Å². The lowest BCUT2D eigenvalue weighted by Crippen LogP contribution is -2.48. The summed E-state index contributed by atoms with van der Waals surface area (Å²) >= 11 is 0.775. The third-order valence-corrected chi connectivity index (χ3v) is 7.31. The third-order valence-electron chi connectivity index (χ3n) is 6.46. The van der Waals surface area contributed by atoms with E-state index in [0.29, 0.717) is 18.4 Å². The number of primary amides is 1. The van der Waals surface area contributed by atoms with Gasteiger partial charge in [-0.25, -0.2) is 0 Å². The Bertz CT molecular complexity index is 1290. The minimum atomic E-state index is -1.09. The standard InChI is InChI=1S/C26H29N5O5S/c1-36-19-12-11-16(13-18(19)32)22(25(34)29-14-15-7-3-2-4-8-15)31(17-9-5-6-10-17)26(35)23-20(27)21(24(28)33)30-37-23/h2-4,7-8,11-13,17,22,32H,5-6,9-10,14,27H2,1H3,(H2,28,33)(H,29,34)/t22-/m0/s1. The molecule has 0 saturated heterocycles. The van der Waals surface area contributed by atoms with E-state index in [0.717, 1.165) is 29.9 Å². The minimum absolute atomic E-state index is 0.0410. The van der Waals surface area contributed by atoms with Gasteiger partial charge in [-0.15, -0.1) is 0 Å². The molecule has 2 aromatic carbocycles. The summed E-state index contributed by atoms with van der Waals surface area (Å²) in [5, 5.41) is 13.4. The fourth-order valence-electron chi connectivity index (χ4n) is 4.62. The number of carbonyl (C=O) groups excluding carboxylic acids is 3. The Labute approximate surface area is 218 Å². The van der Waals surface area contributed by atoms with E-state index in [1.807, 2.05) is 30.3 Å². The summed E-state index contributed by atoms with van der Waals surface area (Å²) in [5.41, 5.74) is 12.5. The van der Waals surface area contributed by atoms with Gasteiger partial charge >= 0.3 is 0 Å². The topological polar surface area (TPSA) is 161 Å². The van der Waals surface area contributed by atoms with Crippen molar-refractivity contribution in [2.75, 3.05) is 12.8 Å². The molecule has 0 aliphatic heterocycles. The molecule has 0 spiro atoms. The summed E-state index contributed by atoms with van der Waals surface area (Å²) in [5.74, 6) is -1.70. The van der Waals surface area contributed by atoms with Crippen LogP contribution < -0.4 is 21.5 Å². The van der Waals surface area contributed by atoms with E-state index < -0.39 is 23.8 Å². The molecule has 0 bridgehead atoms. The Hall–Kier alpha value is -4.12. The number of methoxy groups -OCH3 is 1. The first kappa shape index (κ1) is 26.0. The van der Waals surface area contributed by atoms with Crippen molar-refractivity contribution in [3.05, 3.63) is 70.2 Å². The summed E-state index contributed by atoms with van der Waals surface area (Å²) in [6.07, 6.45) is 3.17. The van der Waals surface area contributed by atoms with Gasteiger partial charge in [0.05, 0.1) is 12.8 Å². The van der Waals surface area contributed by atoms with Gasteiger partial charge in [0, 0.05) is 12.6 Å². The molecule has 194 valence electrons. The Balaban J connectivity index is 1.77. The van der Waals surface area contributed by atoms with Crippen molar-refractivity contribution in [3.63, 3.8) is 0 Å². The van der Waals surface area contributed by atoms with Crippen molar-refractivity contribution in [1.29, 1.82) is 0 Å². The first-order chi connectivity index (χ1) is 17.8. The average Bonchev–Trinajstić information content (AvgIpc) is 3.56. The first-order valence-electron chi connectivity index (χ1n) is 11.9. The fourth-order valence-corrected chi connectivity index (χ4v) is 5.37. The molecule has 4 rings (SSSR count). The molecule has 10 nitrogen and oxygen atoms in total. The average molecular weight is 524 g/mol. The van der Waals surface area contributed by atoms with Gasteiger partial charge in [-0.2, -0.15) is 4.37 Å². The number of nitrogens with one attached hydrogen (secondary N) is 1. The number of nitrogen functional groups attached to an aromatic ring is 1. The largest absolute Gasteiger partial charge is 0.504 e. The van der Waals surface area contributed by atoms with E-state index in [4.69, 9.17) is 16.2 Å². The van der Waals surface area contributed by atoms with Crippen molar-refractivity contribution in [3.8, 4) is 11.5 Å². The van der Waals surface area contributed by atoms with Crippen molar-refractivity contribution in [1.82, 2.24) is 14.6 Å². The Morgan fingerprint density at radius 3 is 2.49 bits per heavy atom. The van der Waals surface area contributed by atoms with Gasteiger partial charge in [0.15, 0.2) is 17.2 Å². The fraction of sp³-hybridized carbons (Fsp3) is 0.308. The molecule has 6 N–H and O–H groups in total. The summed E-state index contributed by atoms with van der Waals surface area (Å²) in [6, 6.07) is 12.7. The molecule has 0 unspecified atom stereocenters. The van der Waals surface area contributed by atoms with Crippen LogP contribution in [0.15, 0.2) is 48.5 Å². The van der Waals surface area contributed by atoms with Crippen LogP contribution in [0.4, 0.5) is 5.69 Å². The number of aromatic hydroxyl groups is 1. The maximum Gasteiger partial charge on any atom is 0.270 e. The Kier molecular flexibility index (Phi) is 7.92. The number of phenols is 1. The number of hydrogen-bond acceptors (Lipinski definition) is 8. The Morgan fingerprint density at radius 2 is 1.89 bits per heavy atom. The summed E-state index contributed by atoms with van der Waals surface area (Å²) in [7, 11) is 1.43. The van der Waals surface area contributed by atoms with Crippen molar-refractivity contribution < 1.29 is 24.2 Å². The zero-order valence-corrected chi connectivity index (χ0v) is 21.2. The van der Waals surface area contributed by atoms with E-state index in [1.54, 1.807) is 12.1 Å². The number of phenolic OH excluding ortho intramolecular Hbond substituents is 1. The molecule has 1 aromatic heterocycles. The van der Waals surface area contributed by atoms with Gasteiger partial charge in [0.2, 0.25) is 5.91 Å².